The summed E-state index contributed by atoms with van der Waals surface area (Å²) in [6, 6.07) is 0. The minimum Gasteiger partial charge on any atom is -0.103 e. The van der Waals surface area contributed by atoms with E-state index in [0.29, 0.717) is 0 Å². The maximum atomic E-state index is 3.74. The van der Waals surface area contributed by atoms with Crippen LogP contribution >= 0.6 is 0 Å². The van der Waals surface area contributed by atoms with Crippen molar-refractivity contribution < 1.29 is 0 Å². The van der Waals surface area contributed by atoms with Crippen LogP contribution in [0.3, 0.4) is 0 Å². The fraction of sp³-hybridized carbons (Fsp3) is 0.800. The number of hydrogen-bond donors (Lipinski definition) is 0. The van der Waals surface area contributed by atoms with Crippen LogP contribution in [-0.2, 0) is 0 Å². The van der Waals surface area contributed by atoms with Crippen LogP contribution in [0.1, 0.15) is 40.0 Å². The molecule has 2 unspecified atom stereocenters. The number of hydrogen-bond acceptors (Lipinski definition) is 0. The van der Waals surface area contributed by atoms with Gasteiger partial charge in [-0.15, -0.1) is 6.58 Å². The molecule has 0 heteroatoms. The second kappa shape index (κ2) is 5.52. The zero-order valence-electron chi connectivity index (χ0n) is 7.56. The molecule has 0 N–H and O–H groups in total. The van der Waals surface area contributed by atoms with Crippen molar-refractivity contribution in [3.63, 3.8) is 0 Å². The van der Waals surface area contributed by atoms with Crippen LogP contribution in [0, 0.1) is 11.8 Å². The van der Waals surface area contributed by atoms with E-state index < -0.39 is 0 Å². The molecule has 10 heavy (non-hydrogen) atoms. The fourth-order valence-corrected chi connectivity index (χ4v) is 1.24. The van der Waals surface area contributed by atoms with Crippen molar-refractivity contribution in [2.75, 3.05) is 0 Å². The quantitative estimate of drug-likeness (QED) is 0.511. The average Bonchev–Trinajstić information content (AvgIpc) is 1.89. The van der Waals surface area contributed by atoms with Crippen molar-refractivity contribution in [3.05, 3.63) is 12.7 Å². The van der Waals surface area contributed by atoms with E-state index in [1.807, 2.05) is 6.08 Å². The highest BCUT2D eigenvalue weighted by molar-refractivity contribution is 4.73. The Kier molecular flexibility index (Phi) is 5.38. The Bertz CT molecular complexity index is 84.0. The third kappa shape index (κ3) is 3.71. The van der Waals surface area contributed by atoms with E-state index in [4.69, 9.17) is 0 Å². The molecule has 0 aliphatic carbocycles. The molecule has 0 aromatic rings. The molecule has 0 aliphatic heterocycles. The minimum absolute atomic E-state index is 0.817. The molecule has 0 radical (unpaired) electrons. The summed E-state index contributed by atoms with van der Waals surface area (Å²) in [6.07, 6.45) is 5.86. The average molecular weight is 140 g/mol. The second-order valence-corrected chi connectivity index (χ2v) is 3.27. The summed E-state index contributed by atoms with van der Waals surface area (Å²) < 4.78 is 0. The monoisotopic (exact) mass is 140 g/mol. The van der Waals surface area contributed by atoms with Gasteiger partial charge in [0.25, 0.3) is 0 Å². The predicted molar refractivity (Wildman–Crippen MR) is 48.1 cm³/mol. The summed E-state index contributed by atoms with van der Waals surface area (Å²) in [5, 5.41) is 0. The van der Waals surface area contributed by atoms with Gasteiger partial charge in [-0.3, -0.25) is 0 Å². The zero-order chi connectivity index (χ0) is 7.98. The first kappa shape index (κ1) is 9.74. The molecule has 0 saturated heterocycles. The molecule has 0 saturated carbocycles. The molecule has 0 spiro atoms. The molecule has 0 aromatic heterocycles. The minimum atomic E-state index is 0.817. The molecule has 0 aliphatic rings. The molecular weight excluding hydrogens is 120 g/mol. The molecule has 0 aromatic carbocycles. The summed E-state index contributed by atoms with van der Waals surface area (Å²) in [5.41, 5.74) is 0. The number of rotatable bonds is 5. The highest BCUT2D eigenvalue weighted by Crippen LogP contribution is 2.19. The van der Waals surface area contributed by atoms with E-state index in [1.165, 1.54) is 19.3 Å². The lowest BCUT2D eigenvalue weighted by atomic mass is 9.89. The van der Waals surface area contributed by atoms with Gasteiger partial charge in [0.15, 0.2) is 0 Å². The van der Waals surface area contributed by atoms with Crippen molar-refractivity contribution in [3.8, 4) is 0 Å². The Balaban J connectivity index is 3.47. The largest absolute Gasteiger partial charge is 0.103 e. The lowest BCUT2D eigenvalue weighted by Gasteiger charge is -2.16. The van der Waals surface area contributed by atoms with Crippen molar-refractivity contribution >= 4 is 0 Å². The van der Waals surface area contributed by atoms with Gasteiger partial charge in [-0.05, 0) is 18.3 Å². The summed E-state index contributed by atoms with van der Waals surface area (Å²) in [5.74, 6) is 1.68. The lowest BCUT2D eigenvalue weighted by Crippen LogP contribution is -2.06. The second-order valence-electron chi connectivity index (χ2n) is 3.27. The van der Waals surface area contributed by atoms with E-state index in [9.17, 15) is 0 Å². The van der Waals surface area contributed by atoms with Gasteiger partial charge in [-0.1, -0.05) is 39.7 Å². The molecular formula is C10H20. The van der Waals surface area contributed by atoms with Gasteiger partial charge < -0.3 is 0 Å². The highest BCUT2D eigenvalue weighted by Gasteiger charge is 2.08. The molecule has 0 nitrogen and oxygen atoms in total. The van der Waals surface area contributed by atoms with Crippen LogP contribution in [-0.4, -0.2) is 0 Å². The Labute approximate surface area is 65.3 Å². The van der Waals surface area contributed by atoms with Gasteiger partial charge >= 0.3 is 0 Å². The van der Waals surface area contributed by atoms with Gasteiger partial charge in [-0.2, -0.15) is 0 Å². The third-order valence-electron chi connectivity index (χ3n) is 2.25. The van der Waals surface area contributed by atoms with Crippen LogP contribution in [0.5, 0.6) is 0 Å². The topological polar surface area (TPSA) is 0 Å². The normalized spacial score (nSPS) is 16.3. The maximum absolute atomic E-state index is 3.74. The van der Waals surface area contributed by atoms with Crippen molar-refractivity contribution in [2.45, 2.75) is 40.0 Å². The molecule has 0 heterocycles. The van der Waals surface area contributed by atoms with Crippen molar-refractivity contribution in [1.29, 1.82) is 0 Å². The fourth-order valence-electron chi connectivity index (χ4n) is 1.24. The number of allylic oxidation sites excluding steroid dienone is 1. The van der Waals surface area contributed by atoms with Crippen molar-refractivity contribution in [2.24, 2.45) is 11.8 Å². The van der Waals surface area contributed by atoms with Crippen LogP contribution in [0.15, 0.2) is 12.7 Å². The Morgan fingerprint density at radius 3 is 2.30 bits per heavy atom. The van der Waals surface area contributed by atoms with Gasteiger partial charge in [-0.25, -0.2) is 0 Å². The molecule has 60 valence electrons. The summed E-state index contributed by atoms with van der Waals surface area (Å²) in [6.45, 7) is 10.6. The third-order valence-corrected chi connectivity index (χ3v) is 2.25. The van der Waals surface area contributed by atoms with Gasteiger partial charge in [0.05, 0.1) is 0 Å². The first-order chi connectivity index (χ1) is 4.72. The van der Waals surface area contributed by atoms with Crippen LogP contribution in [0.25, 0.3) is 0 Å². The first-order valence-corrected chi connectivity index (χ1v) is 4.33. The molecule has 2 atom stereocenters. The SMILES string of the molecule is C=CCC(C)C(C)CCC. The van der Waals surface area contributed by atoms with Gasteiger partial charge in [0.2, 0.25) is 0 Å². The highest BCUT2D eigenvalue weighted by atomic mass is 14.1. The van der Waals surface area contributed by atoms with Crippen LogP contribution in [0.2, 0.25) is 0 Å². The van der Waals surface area contributed by atoms with Gasteiger partial charge in [0.1, 0.15) is 0 Å². The molecule has 0 bridgehead atoms. The molecule has 0 amide bonds. The van der Waals surface area contributed by atoms with E-state index >= 15 is 0 Å². The van der Waals surface area contributed by atoms with E-state index in [0.717, 1.165) is 11.8 Å². The van der Waals surface area contributed by atoms with Gasteiger partial charge in [0, 0.05) is 0 Å². The van der Waals surface area contributed by atoms with E-state index in [2.05, 4.69) is 27.4 Å². The summed E-state index contributed by atoms with van der Waals surface area (Å²) in [4.78, 5) is 0. The smallest absolute Gasteiger partial charge is 0.0325 e. The van der Waals surface area contributed by atoms with E-state index in [1.54, 1.807) is 0 Å². The summed E-state index contributed by atoms with van der Waals surface area (Å²) >= 11 is 0. The Hall–Kier alpha value is -0.260. The lowest BCUT2D eigenvalue weighted by molar-refractivity contribution is 0.364. The van der Waals surface area contributed by atoms with Crippen LogP contribution < -0.4 is 0 Å². The Morgan fingerprint density at radius 1 is 1.30 bits per heavy atom. The van der Waals surface area contributed by atoms with Crippen molar-refractivity contribution in [1.82, 2.24) is 0 Å². The summed E-state index contributed by atoms with van der Waals surface area (Å²) in [7, 11) is 0. The zero-order valence-corrected chi connectivity index (χ0v) is 7.56. The standard InChI is InChI=1S/C10H20/c1-5-7-9(3)10(4)8-6-2/h5,9-10H,1,6-8H2,2-4H3. The Morgan fingerprint density at radius 2 is 1.90 bits per heavy atom. The maximum Gasteiger partial charge on any atom is -0.0325 e. The molecule has 0 rings (SSSR count). The van der Waals surface area contributed by atoms with E-state index in [-0.39, 0.29) is 0 Å². The van der Waals surface area contributed by atoms with Crippen LogP contribution in [0.4, 0.5) is 0 Å². The predicted octanol–water partition coefficient (Wildman–Crippen LogP) is 3.63. The molecule has 0 fully saturated rings. The first-order valence-electron chi connectivity index (χ1n) is 4.33.